The average molecular weight is 735 g/mol. The lowest BCUT2D eigenvalue weighted by molar-refractivity contribution is 0.0455. The maximum absolute atomic E-state index is 12.4. The van der Waals surface area contributed by atoms with Crippen molar-refractivity contribution in [3.63, 3.8) is 0 Å². The van der Waals surface area contributed by atoms with E-state index in [9.17, 15) is 46.2 Å². The highest BCUT2D eigenvalue weighted by Crippen LogP contribution is 2.20. The number of aromatic nitrogens is 4. The van der Waals surface area contributed by atoms with Gasteiger partial charge in [-0.25, -0.2) is 27.5 Å². The number of hydrogen-bond acceptors (Lipinski definition) is 14. The highest BCUT2D eigenvalue weighted by Gasteiger charge is 2.28. The van der Waals surface area contributed by atoms with Crippen LogP contribution in [0.25, 0.3) is 0 Å². The molecule has 0 aliphatic heterocycles. The summed E-state index contributed by atoms with van der Waals surface area (Å²) in [6.45, 7) is 1.56. The Kier molecular flexibility index (Phi) is 12.4. The van der Waals surface area contributed by atoms with Gasteiger partial charge in [-0.15, -0.1) is 0 Å². The van der Waals surface area contributed by atoms with Gasteiger partial charge in [0.15, 0.2) is 23.2 Å². The Morgan fingerprint density at radius 2 is 1.18 bits per heavy atom. The molecule has 0 saturated carbocycles. The van der Waals surface area contributed by atoms with Crippen LogP contribution in [0.1, 0.15) is 67.2 Å². The van der Waals surface area contributed by atoms with E-state index in [0.717, 1.165) is 28.9 Å². The van der Waals surface area contributed by atoms with Crippen molar-refractivity contribution in [2.45, 2.75) is 27.1 Å². The molecule has 50 heavy (non-hydrogen) atoms. The molecular weight excluding hydrogens is 700 g/mol. The number of rotatable bonds is 12. The third-order valence-electron chi connectivity index (χ3n) is 6.50. The van der Waals surface area contributed by atoms with Gasteiger partial charge < -0.3 is 19.7 Å². The zero-order valence-corrected chi connectivity index (χ0v) is 29.3. The summed E-state index contributed by atoms with van der Waals surface area (Å²) in [5.41, 5.74) is -0.00692. The van der Waals surface area contributed by atoms with E-state index in [1.54, 1.807) is 24.3 Å². The zero-order chi connectivity index (χ0) is 37.6. The molecule has 4 rings (SSSR count). The number of carbonyl (C=O) groups excluding carboxylic acids is 4. The minimum Gasteiger partial charge on any atom is -0.507 e. The van der Waals surface area contributed by atoms with Crippen LogP contribution < -0.4 is 0 Å². The smallest absolute Gasteiger partial charge is 0.342 e. The molecule has 268 valence electrons. The number of aromatic hydroxyl groups is 2. The fourth-order valence-electron chi connectivity index (χ4n) is 3.92. The molecular formula is C30H34N6O12S2. The van der Waals surface area contributed by atoms with Crippen molar-refractivity contribution >= 4 is 43.9 Å². The Bertz CT molecular complexity index is 2130. The third-order valence-corrected chi connectivity index (χ3v) is 9.99. The van der Waals surface area contributed by atoms with Crippen molar-refractivity contribution in [2.75, 3.05) is 28.2 Å². The van der Waals surface area contributed by atoms with E-state index in [1.807, 2.05) is 0 Å². The predicted octanol–water partition coefficient (Wildman–Crippen LogP) is 1.61. The van der Waals surface area contributed by atoms with Gasteiger partial charge in [0.2, 0.25) is 0 Å². The lowest BCUT2D eigenvalue weighted by Crippen LogP contribution is -2.32. The molecule has 0 radical (unpaired) electrons. The molecule has 2 aromatic carbocycles. The molecule has 0 saturated heterocycles. The number of ketones is 2. The number of carbonyl (C=O) groups is 4. The average Bonchev–Trinajstić information content (AvgIpc) is 3.69. The summed E-state index contributed by atoms with van der Waals surface area (Å²) >= 11 is 0. The van der Waals surface area contributed by atoms with E-state index in [0.29, 0.717) is 0 Å². The summed E-state index contributed by atoms with van der Waals surface area (Å²) in [5, 5.41) is 19.3. The highest BCUT2D eigenvalue weighted by molar-refractivity contribution is 7.87. The van der Waals surface area contributed by atoms with Gasteiger partial charge in [-0.1, -0.05) is 24.3 Å². The Balaban J connectivity index is 0.000000270. The molecule has 4 aromatic rings. The van der Waals surface area contributed by atoms with E-state index < -0.39 is 50.5 Å². The quantitative estimate of drug-likeness (QED) is 0.155. The van der Waals surface area contributed by atoms with E-state index in [2.05, 4.69) is 9.97 Å². The second-order valence-corrected chi connectivity index (χ2v) is 14.6. The molecule has 0 atom stereocenters. The molecule has 0 spiro atoms. The lowest BCUT2D eigenvalue weighted by atomic mass is 10.2. The third kappa shape index (κ3) is 8.77. The van der Waals surface area contributed by atoms with Crippen LogP contribution in [0.3, 0.4) is 0 Å². The van der Waals surface area contributed by atoms with Gasteiger partial charge in [0.1, 0.15) is 35.8 Å². The van der Waals surface area contributed by atoms with E-state index in [1.165, 1.54) is 66.3 Å². The monoisotopic (exact) mass is 734 g/mol. The minimum absolute atomic E-state index is 0.00247. The van der Waals surface area contributed by atoms with Crippen molar-refractivity contribution in [2.24, 2.45) is 0 Å². The predicted molar refractivity (Wildman–Crippen MR) is 175 cm³/mol. The number of Topliss-reactive ketones (excluding diaryl/α,β-unsaturated/α-hetero) is 2. The molecule has 0 aliphatic carbocycles. The summed E-state index contributed by atoms with van der Waals surface area (Å²) in [4.78, 5) is 55.0. The van der Waals surface area contributed by atoms with Gasteiger partial charge in [0, 0.05) is 48.2 Å². The zero-order valence-electron chi connectivity index (χ0n) is 27.7. The van der Waals surface area contributed by atoms with Crippen LogP contribution in [0.2, 0.25) is 0 Å². The normalized spacial score (nSPS) is 11.5. The minimum atomic E-state index is -4.03. The molecule has 0 amide bonds. The first kappa shape index (κ1) is 39.0. The number of hydrogen-bond donors (Lipinski definition) is 2. The van der Waals surface area contributed by atoms with Crippen LogP contribution in [0, 0.1) is 0 Å². The second-order valence-electron chi connectivity index (χ2n) is 10.6. The SMILES string of the molecule is CC(=O)c1nc(COC(=O)c2ccccc2O)cn1S(=O)(=O)N(C)C.CC(=O)c1ncc(COC(=O)c2ccccc2O)n1S(=O)(=O)N(C)C. The molecule has 2 N–H and O–H groups in total. The van der Waals surface area contributed by atoms with E-state index in [4.69, 9.17) is 9.47 Å². The van der Waals surface area contributed by atoms with Crippen molar-refractivity contribution in [1.29, 1.82) is 0 Å². The van der Waals surface area contributed by atoms with Crippen molar-refractivity contribution < 1.29 is 55.7 Å². The van der Waals surface area contributed by atoms with Crippen LogP contribution in [0.5, 0.6) is 11.5 Å². The number of benzene rings is 2. The largest absolute Gasteiger partial charge is 0.507 e. The first-order chi connectivity index (χ1) is 23.3. The maximum Gasteiger partial charge on any atom is 0.342 e. The molecule has 0 unspecified atom stereocenters. The first-order valence-corrected chi connectivity index (χ1v) is 17.0. The van der Waals surface area contributed by atoms with Crippen molar-refractivity contribution in [3.8, 4) is 11.5 Å². The number of ether oxygens (including phenoxy) is 2. The van der Waals surface area contributed by atoms with Crippen LogP contribution in [0.4, 0.5) is 0 Å². The number of phenolic OH excluding ortho intramolecular Hbond substituents is 2. The van der Waals surface area contributed by atoms with Gasteiger partial charge in [-0.3, -0.25) is 9.59 Å². The van der Waals surface area contributed by atoms with Crippen LogP contribution in [-0.4, -0.2) is 105 Å². The number of esters is 2. The highest BCUT2D eigenvalue weighted by atomic mass is 32.2. The molecule has 20 heteroatoms. The Morgan fingerprint density at radius 3 is 1.62 bits per heavy atom. The number of imidazole rings is 2. The molecule has 2 aromatic heterocycles. The molecule has 18 nitrogen and oxygen atoms in total. The van der Waals surface area contributed by atoms with Gasteiger partial charge >= 0.3 is 32.4 Å². The summed E-state index contributed by atoms with van der Waals surface area (Å²) in [5.74, 6) is -3.81. The van der Waals surface area contributed by atoms with Gasteiger partial charge in [0.25, 0.3) is 0 Å². The number of para-hydroxylation sites is 2. The molecule has 0 aliphatic rings. The van der Waals surface area contributed by atoms with Gasteiger partial charge in [0.05, 0.1) is 17.6 Å². The lowest BCUT2D eigenvalue weighted by Gasteiger charge is -2.16. The fourth-order valence-corrected chi connectivity index (χ4v) is 6.03. The fraction of sp³-hybridized carbons (Fsp3) is 0.267. The van der Waals surface area contributed by atoms with Crippen LogP contribution in [0.15, 0.2) is 60.9 Å². The summed E-state index contributed by atoms with van der Waals surface area (Å²) in [7, 11) is -2.74. The molecule has 0 fully saturated rings. The standard InChI is InChI=1S/2C15H17N3O6S/c1-10(19)14-16-11(8-18(14)25(22,23)17(2)3)9-24-15(21)12-6-4-5-7-13(12)20;1-10(19)14-16-8-11(18(14)25(22,23)17(2)3)9-24-15(21)12-6-4-5-7-13(12)20/h2*4-8,20H,9H2,1-3H3. The van der Waals surface area contributed by atoms with E-state index in [-0.39, 0.29) is 52.3 Å². The Morgan fingerprint density at radius 1 is 0.720 bits per heavy atom. The summed E-state index contributed by atoms with van der Waals surface area (Å²) in [6, 6.07) is 11.6. The Labute approximate surface area is 287 Å². The van der Waals surface area contributed by atoms with Gasteiger partial charge in [-0.2, -0.15) is 25.4 Å². The van der Waals surface area contributed by atoms with Crippen molar-refractivity contribution in [1.82, 2.24) is 26.5 Å². The summed E-state index contributed by atoms with van der Waals surface area (Å²) in [6.07, 6.45) is 2.26. The topological polar surface area (TPSA) is 238 Å². The number of nitrogens with zero attached hydrogens (tertiary/aromatic N) is 6. The number of phenols is 2. The first-order valence-electron chi connectivity index (χ1n) is 14.2. The Hall–Kier alpha value is -5.44. The molecule has 2 heterocycles. The molecule has 0 bridgehead atoms. The van der Waals surface area contributed by atoms with E-state index >= 15 is 0 Å². The maximum atomic E-state index is 12.4. The summed E-state index contributed by atoms with van der Waals surface area (Å²) < 4.78 is 62.7. The van der Waals surface area contributed by atoms with Crippen molar-refractivity contribution in [3.05, 3.63) is 95.1 Å². The van der Waals surface area contributed by atoms with Crippen LogP contribution >= 0.6 is 0 Å². The van der Waals surface area contributed by atoms with Crippen LogP contribution in [-0.2, 0) is 43.1 Å². The van der Waals surface area contributed by atoms with Gasteiger partial charge in [-0.05, 0) is 24.3 Å². The second kappa shape index (κ2) is 15.8.